The van der Waals surface area contributed by atoms with E-state index in [1.165, 1.54) is 0 Å². The fraction of sp³-hybridized carbons (Fsp3) is 0.867. The first-order valence-electron chi connectivity index (χ1n) is 7.46. The van der Waals surface area contributed by atoms with E-state index in [2.05, 4.69) is 27.7 Å². The molecular weight excluding hydrogens is 256 g/mol. The Morgan fingerprint density at radius 3 is 2.37 bits per heavy atom. The third kappa shape index (κ3) is 3.47. The van der Waals surface area contributed by atoms with Gasteiger partial charge in [0.1, 0.15) is 0 Å². The molecule has 2 N–H and O–H groups in total. The largest absolute Gasteiger partial charge is 0.392 e. The molecule has 3 nitrogen and oxygen atoms in total. The van der Waals surface area contributed by atoms with Gasteiger partial charge in [-0.25, -0.2) is 0 Å². The number of nitrogens with two attached hydrogens (primary N) is 1. The maximum Gasteiger partial charge on any atom is 0.235 e. The number of amides is 1. The van der Waals surface area contributed by atoms with E-state index in [-0.39, 0.29) is 11.9 Å². The second kappa shape index (κ2) is 6.69. The van der Waals surface area contributed by atoms with Gasteiger partial charge >= 0.3 is 0 Å². The molecule has 1 saturated carbocycles. The highest BCUT2D eigenvalue weighted by Crippen LogP contribution is 2.47. The molecule has 0 aromatic heterocycles. The second-order valence-electron chi connectivity index (χ2n) is 6.26. The molecule has 1 rings (SSSR count). The van der Waals surface area contributed by atoms with Gasteiger partial charge in [0, 0.05) is 12.6 Å². The first-order valence-corrected chi connectivity index (χ1v) is 7.87. The number of thiocarbonyl (C=S) groups is 1. The van der Waals surface area contributed by atoms with E-state index in [9.17, 15) is 4.79 Å². The zero-order valence-electron chi connectivity index (χ0n) is 12.7. The van der Waals surface area contributed by atoms with Crippen LogP contribution in [0.1, 0.15) is 59.8 Å². The van der Waals surface area contributed by atoms with Gasteiger partial charge in [-0.1, -0.05) is 38.9 Å². The molecule has 0 aromatic carbocycles. The number of unbranched alkanes of at least 4 members (excludes halogenated alkanes) is 2. The van der Waals surface area contributed by atoms with Gasteiger partial charge in [0.15, 0.2) is 0 Å². The van der Waals surface area contributed by atoms with Crippen LogP contribution >= 0.6 is 12.2 Å². The van der Waals surface area contributed by atoms with Crippen LogP contribution in [0.25, 0.3) is 0 Å². The molecule has 0 aliphatic heterocycles. The lowest BCUT2D eigenvalue weighted by Crippen LogP contribution is -2.58. The van der Waals surface area contributed by atoms with Gasteiger partial charge in [-0.15, -0.1) is 0 Å². The van der Waals surface area contributed by atoms with Crippen LogP contribution in [-0.4, -0.2) is 28.4 Å². The van der Waals surface area contributed by atoms with E-state index in [0.29, 0.717) is 10.9 Å². The Labute approximate surface area is 122 Å². The van der Waals surface area contributed by atoms with Crippen molar-refractivity contribution in [2.24, 2.45) is 17.1 Å². The van der Waals surface area contributed by atoms with Gasteiger partial charge < -0.3 is 10.6 Å². The Morgan fingerprint density at radius 2 is 2.00 bits per heavy atom. The molecule has 0 bridgehead atoms. The smallest absolute Gasteiger partial charge is 0.235 e. The summed E-state index contributed by atoms with van der Waals surface area (Å²) in [4.78, 5) is 15.2. The van der Waals surface area contributed by atoms with E-state index < -0.39 is 5.41 Å². The zero-order chi connectivity index (χ0) is 14.6. The number of rotatable bonds is 7. The lowest BCUT2D eigenvalue weighted by atomic mass is 9.61. The van der Waals surface area contributed by atoms with E-state index in [1.807, 2.05) is 4.90 Å². The van der Waals surface area contributed by atoms with Crippen LogP contribution in [0.15, 0.2) is 0 Å². The fourth-order valence-electron chi connectivity index (χ4n) is 3.01. The van der Waals surface area contributed by atoms with Gasteiger partial charge in [0.05, 0.1) is 10.4 Å². The van der Waals surface area contributed by atoms with E-state index in [4.69, 9.17) is 18.0 Å². The molecule has 1 aliphatic rings. The molecule has 19 heavy (non-hydrogen) atoms. The van der Waals surface area contributed by atoms with Crippen LogP contribution in [0.5, 0.6) is 0 Å². The van der Waals surface area contributed by atoms with Crippen LogP contribution in [0.2, 0.25) is 0 Å². The minimum Gasteiger partial charge on any atom is -0.392 e. The molecule has 1 fully saturated rings. The van der Waals surface area contributed by atoms with Gasteiger partial charge in [-0.05, 0) is 39.0 Å². The molecule has 0 radical (unpaired) electrons. The van der Waals surface area contributed by atoms with Crippen molar-refractivity contribution in [3.63, 3.8) is 0 Å². The molecule has 0 saturated heterocycles. The highest BCUT2D eigenvalue weighted by atomic mass is 32.1. The molecule has 4 heteroatoms. The molecule has 0 aromatic rings. The molecule has 110 valence electrons. The van der Waals surface area contributed by atoms with Crippen molar-refractivity contribution in [3.05, 3.63) is 0 Å². The van der Waals surface area contributed by atoms with E-state index >= 15 is 0 Å². The monoisotopic (exact) mass is 284 g/mol. The van der Waals surface area contributed by atoms with E-state index in [1.54, 1.807) is 0 Å². The SMILES string of the molecule is CCCCCN(C(=O)C1(C(N)=S)CC(C)C1)C(C)C. The predicted molar refractivity (Wildman–Crippen MR) is 84.0 cm³/mol. The van der Waals surface area contributed by atoms with Crippen molar-refractivity contribution in [2.45, 2.75) is 65.8 Å². The third-order valence-corrected chi connectivity index (χ3v) is 4.55. The summed E-state index contributed by atoms with van der Waals surface area (Å²) in [6.45, 7) is 9.29. The molecule has 0 heterocycles. The van der Waals surface area contributed by atoms with Crippen molar-refractivity contribution in [1.29, 1.82) is 0 Å². The first-order chi connectivity index (χ1) is 8.85. The molecule has 0 unspecified atom stereocenters. The van der Waals surface area contributed by atoms with Crippen LogP contribution in [0.4, 0.5) is 0 Å². The van der Waals surface area contributed by atoms with Crippen LogP contribution in [-0.2, 0) is 4.79 Å². The van der Waals surface area contributed by atoms with Crippen molar-refractivity contribution in [1.82, 2.24) is 4.90 Å². The Kier molecular flexibility index (Phi) is 5.78. The lowest BCUT2D eigenvalue weighted by molar-refractivity contribution is -0.146. The molecule has 0 atom stereocenters. The zero-order valence-corrected chi connectivity index (χ0v) is 13.6. The summed E-state index contributed by atoms with van der Waals surface area (Å²) in [5, 5.41) is 0. The number of nitrogens with zero attached hydrogens (tertiary/aromatic N) is 1. The highest BCUT2D eigenvalue weighted by molar-refractivity contribution is 7.80. The van der Waals surface area contributed by atoms with Crippen molar-refractivity contribution in [2.75, 3.05) is 6.54 Å². The Hall–Kier alpha value is -0.640. The summed E-state index contributed by atoms with van der Waals surface area (Å²) in [5.41, 5.74) is 5.32. The maximum absolute atomic E-state index is 12.8. The first kappa shape index (κ1) is 16.4. The number of hydrogen-bond acceptors (Lipinski definition) is 2. The van der Waals surface area contributed by atoms with Crippen molar-refractivity contribution in [3.8, 4) is 0 Å². The normalized spacial score (nSPS) is 26.1. The summed E-state index contributed by atoms with van der Waals surface area (Å²) < 4.78 is 0. The number of hydrogen-bond donors (Lipinski definition) is 1. The average Bonchev–Trinajstić information content (AvgIpc) is 2.28. The standard InChI is InChI=1S/C15H28N2OS/c1-5-6-7-8-17(11(2)3)14(18)15(13(16)19)9-12(4)10-15/h11-12H,5-10H2,1-4H3,(H2,16,19). The summed E-state index contributed by atoms with van der Waals surface area (Å²) in [6, 6.07) is 0.214. The summed E-state index contributed by atoms with van der Waals surface area (Å²) in [7, 11) is 0. The molecule has 0 spiro atoms. The predicted octanol–water partition coefficient (Wildman–Crippen LogP) is 3.12. The van der Waals surface area contributed by atoms with Crippen LogP contribution < -0.4 is 5.73 Å². The van der Waals surface area contributed by atoms with Crippen molar-refractivity contribution < 1.29 is 4.79 Å². The van der Waals surface area contributed by atoms with E-state index in [0.717, 1.165) is 38.6 Å². The van der Waals surface area contributed by atoms with Gasteiger partial charge in [0.25, 0.3) is 0 Å². The fourth-order valence-corrected chi connectivity index (χ4v) is 3.27. The topological polar surface area (TPSA) is 46.3 Å². The highest BCUT2D eigenvalue weighted by Gasteiger charge is 2.52. The molecule has 1 aliphatic carbocycles. The summed E-state index contributed by atoms with van der Waals surface area (Å²) in [5.74, 6) is 0.708. The van der Waals surface area contributed by atoms with Crippen molar-refractivity contribution >= 4 is 23.1 Å². The average molecular weight is 284 g/mol. The summed E-state index contributed by atoms with van der Waals surface area (Å²) >= 11 is 5.18. The lowest BCUT2D eigenvalue weighted by Gasteiger charge is -2.47. The second-order valence-corrected chi connectivity index (χ2v) is 6.70. The Morgan fingerprint density at radius 1 is 1.42 bits per heavy atom. The Balaban J connectivity index is 2.77. The van der Waals surface area contributed by atoms with Gasteiger partial charge in [0.2, 0.25) is 5.91 Å². The Bertz CT molecular complexity index is 335. The maximum atomic E-state index is 12.8. The van der Waals surface area contributed by atoms with Gasteiger partial charge in [-0.2, -0.15) is 0 Å². The number of carbonyl (C=O) groups is 1. The number of carbonyl (C=O) groups excluding carboxylic acids is 1. The molecular formula is C15H28N2OS. The third-order valence-electron chi connectivity index (χ3n) is 4.16. The van der Waals surface area contributed by atoms with Crippen LogP contribution in [0, 0.1) is 11.3 Å². The van der Waals surface area contributed by atoms with Crippen LogP contribution in [0.3, 0.4) is 0 Å². The minimum atomic E-state index is -0.550. The quantitative estimate of drug-likeness (QED) is 0.577. The minimum absolute atomic E-state index is 0.157. The summed E-state index contributed by atoms with van der Waals surface area (Å²) in [6.07, 6.45) is 5.02. The van der Waals surface area contributed by atoms with Gasteiger partial charge in [-0.3, -0.25) is 4.79 Å². The molecule has 1 amide bonds.